The van der Waals surface area contributed by atoms with Crippen molar-refractivity contribution >= 4 is 35.8 Å². The number of rotatable bonds is 9. The standard InChI is InChI=1S/C23H32O16/c1-9(24)31-7-16-17(19(35-12(4)27)20(22(30)38-16)36-13(5)28)39-23-21(37-14(6)29)18(34-11(3)26)15(8-32-23)33-10(2)25/h15-23,30H,7-8H2,1-6H3/t15-,16-,17-,18+,19-,20-,21-,22-,23+/m1/s1. The zero-order valence-corrected chi connectivity index (χ0v) is 22.2. The summed E-state index contributed by atoms with van der Waals surface area (Å²) in [5, 5.41) is 10.5. The maximum Gasteiger partial charge on any atom is 0.303 e. The quantitative estimate of drug-likeness (QED) is 0.254. The molecule has 220 valence electrons. The minimum absolute atomic E-state index is 0.392. The van der Waals surface area contributed by atoms with Gasteiger partial charge < -0.3 is 47.7 Å². The summed E-state index contributed by atoms with van der Waals surface area (Å²) in [5.41, 5.74) is 0. The molecule has 0 radical (unpaired) electrons. The average molecular weight is 564 g/mol. The third-order valence-corrected chi connectivity index (χ3v) is 5.26. The molecule has 0 spiro atoms. The minimum Gasteiger partial charge on any atom is -0.463 e. The number of hydrogen-bond donors (Lipinski definition) is 1. The first-order valence-corrected chi connectivity index (χ1v) is 11.8. The molecule has 0 unspecified atom stereocenters. The Labute approximate surface area is 223 Å². The maximum atomic E-state index is 12.0. The lowest BCUT2D eigenvalue weighted by molar-refractivity contribution is -0.345. The average Bonchev–Trinajstić information content (AvgIpc) is 2.78. The molecule has 0 bridgehead atoms. The predicted molar refractivity (Wildman–Crippen MR) is 120 cm³/mol. The van der Waals surface area contributed by atoms with Crippen LogP contribution < -0.4 is 0 Å². The molecule has 0 aromatic rings. The number of aliphatic hydroxyl groups is 1. The van der Waals surface area contributed by atoms with Gasteiger partial charge in [-0.1, -0.05) is 0 Å². The van der Waals surface area contributed by atoms with E-state index in [-0.39, 0.29) is 0 Å². The highest BCUT2D eigenvalue weighted by Crippen LogP contribution is 2.32. The molecule has 2 saturated heterocycles. The maximum absolute atomic E-state index is 12.0. The van der Waals surface area contributed by atoms with Gasteiger partial charge in [0.05, 0.1) is 6.61 Å². The van der Waals surface area contributed by atoms with Crippen LogP contribution in [0.25, 0.3) is 0 Å². The van der Waals surface area contributed by atoms with Crippen LogP contribution in [0.4, 0.5) is 0 Å². The summed E-state index contributed by atoms with van der Waals surface area (Å²) in [5.74, 6) is -4.83. The second-order valence-corrected chi connectivity index (χ2v) is 8.61. The van der Waals surface area contributed by atoms with Crippen molar-refractivity contribution in [3.63, 3.8) is 0 Å². The van der Waals surface area contributed by atoms with Crippen LogP contribution >= 0.6 is 0 Å². The summed E-state index contributed by atoms with van der Waals surface area (Å²) in [7, 11) is 0. The summed E-state index contributed by atoms with van der Waals surface area (Å²) in [6, 6.07) is 0. The Hall–Kier alpha value is -3.34. The molecule has 9 atom stereocenters. The fourth-order valence-electron chi connectivity index (χ4n) is 4.02. The molecule has 0 saturated carbocycles. The predicted octanol–water partition coefficient (Wildman–Crippen LogP) is -1.33. The first kappa shape index (κ1) is 31.9. The first-order chi connectivity index (χ1) is 18.2. The van der Waals surface area contributed by atoms with E-state index in [9.17, 15) is 33.9 Å². The van der Waals surface area contributed by atoms with Gasteiger partial charge in [0.1, 0.15) is 18.8 Å². The van der Waals surface area contributed by atoms with Crippen molar-refractivity contribution < 1.29 is 76.5 Å². The highest BCUT2D eigenvalue weighted by Gasteiger charge is 2.55. The number of ether oxygens (including phenoxy) is 9. The third-order valence-electron chi connectivity index (χ3n) is 5.26. The largest absolute Gasteiger partial charge is 0.463 e. The van der Waals surface area contributed by atoms with Gasteiger partial charge in [-0.2, -0.15) is 0 Å². The number of carbonyl (C=O) groups excluding carboxylic acids is 6. The van der Waals surface area contributed by atoms with E-state index in [0.29, 0.717) is 0 Å². The number of hydrogen-bond acceptors (Lipinski definition) is 16. The number of aliphatic hydroxyl groups excluding tert-OH is 1. The van der Waals surface area contributed by atoms with Gasteiger partial charge in [-0.25, -0.2) is 0 Å². The molecule has 16 nitrogen and oxygen atoms in total. The van der Waals surface area contributed by atoms with Gasteiger partial charge >= 0.3 is 35.8 Å². The highest BCUT2D eigenvalue weighted by molar-refractivity contribution is 5.69. The molecular weight excluding hydrogens is 532 g/mol. The van der Waals surface area contributed by atoms with Crippen LogP contribution in [0.3, 0.4) is 0 Å². The zero-order chi connectivity index (χ0) is 29.4. The lowest BCUT2D eigenvalue weighted by Crippen LogP contribution is -2.65. The van der Waals surface area contributed by atoms with Crippen molar-refractivity contribution in [1.82, 2.24) is 0 Å². The normalized spacial score (nSPS) is 32.2. The van der Waals surface area contributed by atoms with Crippen molar-refractivity contribution in [2.45, 2.75) is 96.9 Å². The lowest BCUT2D eigenvalue weighted by Gasteiger charge is -2.46. The molecular formula is C23H32O16. The van der Waals surface area contributed by atoms with E-state index in [4.69, 9.17) is 42.6 Å². The molecule has 39 heavy (non-hydrogen) atoms. The Bertz CT molecular complexity index is 933. The second kappa shape index (κ2) is 14.2. The van der Waals surface area contributed by atoms with Gasteiger partial charge in [-0.15, -0.1) is 0 Å². The van der Waals surface area contributed by atoms with Crippen molar-refractivity contribution in [3.05, 3.63) is 0 Å². The Morgan fingerprint density at radius 3 is 1.64 bits per heavy atom. The fourth-order valence-corrected chi connectivity index (χ4v) is 4.02. The van der Waals surface area contributed by atoms with Crippen LogP contribution in [0, 0.1) is 0 Å². The van der Waals surface area contributed by atoms with Gasteiger partial charge in [0.25, 0.3) is 0 Å². The van der Waals surface area contributed by atoms with Gasteiger partial charge in [-0.05, 0) is 0 Å². The minimum atomic E-state index is -1.84. The van der Waals surface area contributed by atoms with Crippen LogP contribution in [0.2, 0.25) is 0 Å². The Morgan fingerprint density at radius 1 is 0.641 bits per heavy atom. The Morgan fingerprint density at radius 2 is 1.13 bits per heavy atom. The van der Waals surface area contributed by atoms with Crippen LogP contribution in [0.5, 0.6) is 0 Å². The van der Waals surface area contributed by atoms with E-state index in [1.807, 2.05) is 0 Å². The molecule has 16 heteroatoms. The van der Waals surface area contributed by atoms with Gasteiger partial charge in [0.2, 0.25) is 0 Å². The molecule has 2 fully saturated rings. The van der Waals surface area contributed by atoms with E-state index in [1.165, 1.54) is 0 Å². The molecule has 1 N–H and O–H groups in total. The molecule has 2 heterocycles. The third kappa shape index (κ3) is 9.42. The summed E-state index contributed by atoms with van der Waals surface area (Å²) in [6.45, 7) is 5.53. The molecule has 2 aliphatic rings. The highest BCUT2D eigenvalue weighted by atomic mass is 16.8. The van der Waals surface area contributed by atoms with Crippen molar-refractivity contribution in [1.29, 1.82) is 0 Å². The van der Waals surface area contributed by atoms with E-state index in [0.717, 1.165) is 41.5 Å². The van der Waals surface area contributed by atoms with Crippen LogP contribution in [0.15, 0.2) is 0 Å². The lowest BCUT2D eigenvalue weighted by atomic mass is 9.97. The second-order valence-electron chi connectivity index (χ2n) is 8.61. The van der Waals surface area contributed by atoms with Crippen molar-refractivity contribution in [2.75, 3.05) is 13.2 Å². The van der Waals surface area contributed by atoms with Gasteiger partial charge in [-0.3, -0.25) is 28.8 Å². The molecule has 2 aliphatic heterocycles. The van der Waals surface area contributed by atoms with E-state index < -0.39 is 104 Å². The van der Waals surface area contributed by atoms with E-state index >= 15 is 0 Å². The topological polar surface area (TPSA) is 206 Å². The van der Waals surface area contributed by atoms with Gasteiger partial charge in [0, 0.05) is 41.5 Å². The monoisotopic (exact) mass is 564 g/mol. The Kier molecular flexibility index (Phi) is 11.6. The van der Waals surface area contributed by atoms with Crippen molar-refractivity contribution in [2.24, 2.45) is 0 Å². The molecule has 0 amide bonds. The summed E-state index contributed by atoms with van der Waals surface area (Å²) < 4.78 is 48.3. The summed E-state index contributed by atoms with van der Waals surface area (Å²) >= 11 is 0. The van der Waals surface area contributed by atoms with E-state index in [2.05, 4.69) is 0 Å². The molecule has 0 aromatic carbocycles. The van der Waals surface area contributed by atoms with Crippen LogP contribution in [-0.2, 0) is 71.4 Å². The van der Waals surface area contributed by atoms with Gasteiger partial charge in [0.15, 0.2) is 43.1 Å². The first-order valence-electron chi connectivity index (χ1n) is 11.8. The van der Waals surface area contributed by atoms with E-state index in [1.54, 1.807) is 0 Å². The summed E-state index contributed by atoms with van der Waals surface area (Å²) in [6.07, 6.45) is -13.5. The zero-order valence-electron chi connectivity index (χ0n) is 22.2. The molecule has 0 aliphatic carbocycles. The SMILES string of the molecule is CC(=O)OC[C@H]1O[C@@H](O)[C@H](OC(C)=O)[C@H](OC(C)=O)[C@@H]1O[C@@H]1OC[C@@H](OC(C)=O)[C@H](OC(C)=O)[C@H]1OC(C)=O. The van der Waals surface area contributed by atoms with Crippen LogP contribution in [-0.4, -0.2) is 109 Å². The smallest absolute Gasteiger partial charge is 0.303 e. The van der Waals surface area contributed by atoms with Crippen molar-refractivity contribution in [3.8, 4) is 0 Å². The molecule has 2 rings (SSSR count). The number of carbonyl (C=O) groups is 6. The number of esters is 6. The fraction of sp³-hybridized carbons (Fsp3) is 0.739. The summed E-state index contributed by atoms with van der Waals surface area (Å²) in [4.78, 5) is 70.5. The van der Waals surface area contributed by atoms with Crippen LogP contribution in [0.1, 0.15) is 41.5 Å². The molecule has 0 aromatic heterocycles. The Balaban J connectivity index is 2.50.